The van der Waals surface area contributed by atoms with Gasteiger partial charge in [-0.25, -0.2) is 0 Å². The van der Waals surface area contributed by atoms with Crippen LogP contribution in [0.15, 0.2) is 30.3 Å². The van der Waals surface area contributed by atoms with Gasteiger partial charge in [0.2, 0.25) is 0 Å². The van der Waals surface area contributed by atoms with E-state index in [0.29, 0.717) is 41.8 Å². The summed E-state index contributed by atoms with van der Waals surface area (Å²) in [6.45, 7) is 5.35. The van der Waals surface area contributed by atoms with Crippen molar-refractivity contribution in [1.29, 1.82) is 0 Å². The van der Waals surface area contributed by atoms with Crippen molar-refractivity contribution in [2.24, 2.45) is 5.92 Å². The second-order valence-corrected chi connectivity index (χ2v) is 7.36. The second kappa shape index (κ2) is 9.61. The number of carbonyl (C=O) groups is 1. The zero-order valence-electron chi connectivity index (χ0n) is 18.1. The number of hydrogen-bond donors (Lipinski definition) is 1. The van der Waals surface area contributed by atoms with Crippen LogP contribution in [0, 0.1) is 5.92 Å². The van der Waals surface area contributed by atoms with Gasteiger partial charge in [0.25, 0.3) is 5.91 Å². The van der Waals surface area contributed by atoms with Gasteiger partial charge in [-0.1, -0.05) is 19.9 Å². The lowest BCUT2D eigenvalue weighted by atomic mass is 9.95. The Morgan fingerprint density at radius 1 is 0.900 bits per heavy atom. The molecule has 0 radical (unpaired) electrons. The number of carbonyl (C=O) groups excluding carboxylic acids is 1. The van der Waals surface area contributed by atoms with Gasteiger partial charge in [0.05, 0.1) is 46.1 Å². The van der Waals surface area contributed by atoms with Gasteiger partial charge in [0, 0.05) is 18.6 Å². The molecule has 30 heavy (non-hydrogen) atoms. The fraction of sp³-hybridized carbons (Fsp3) is 0.435. The maximum atomic E-state index is 13.2. The first-order chi connectivity index (χ1) is 14.5. The standard InChI is InChI=1S/C23H29NO6/c1-14(2)22(15-7-8-17-21(11-15)30-10-6-9-29-17)24-23(25)16-12-19(27-4)20(28-5)13-18(16)26-3/h7-8,11-14,22H,6,9-10H2,1-5H3,(H,24,25). The number of rotatable bonds is 7. The average Bonchev–Trinajstić information content (AvgIpc) is 3.00. The van der Waals surface area contributed by atoms with Gasteiger partial charge in [0.1, 0.15) is 5.75 Å². The van der Waals surface area contributed by atoms with E-state index in [4.69, 9.17) is 23.7 Å². The molecule has 1 heterocycles. The molecule has 0 fully saturated rings. The van der Waals surface area contributed by atoms with Crippen molar-refractivity contribution in [2.75, 3.05) is 34.5 Å². The van der Waals surface area contributed by atoms with Gasteiger partial charge >= 0.3 is 0 Å². The molecular weight excluding hydrogens is 386 g/mol. The molecule has 7 nitrogen and oxygen atoms in total. The number of benzene rings is 2. The van der Waals surface area contributed by atoms with E-state index in [2.05, 4.69) is 19.2 Å². The number of fused-ring (bicyclic) bond motifs is 1. The lowest BCUT2D eigenvalue weighted by Crippen LogP contribution is -2.32. The molecule has 1 amide bonds. The highest BCUT2D eigenvalue weighted by atomic mass is 16.5. The van der Waals surface area contributed by atoms with Crippen molar-refractivity contribution in [3.63, 3.8) is 0 Å². The Labute approximate surface area is 177 Å². The molecule has 7 heteroatoms. The van der Waals surface area contributed by atoms with Crippen molar-refractivity contribution >= 4 is 5.91 Å². The monoisotopic (exact) mass is 415 g/mol. The van der Waals surface area contributed by atoms with E-state index in [1.807, 2.05) is 18.2 Å². The molecule has 3 rings (SSSR count). The van der Waals surface area contributed by atoms with Crippen LogP contribution in [-0.4, -0.2) is 40.5 Å². The molecule has 1 unspecified atom stereocenters. The lowest BCUT2D eigenvalue weighted by Gasteiger charge is -2.24. The molecular formula is C23H29NO6. The van der Waals surface area contributed by atoms with E-state index in [1.165, 1.54) is 21.3 Å². The van der Waals surface area contributed by atoms with Crippen LogP contribution in [0.4, 0.5) is 0 Å². The van der Waals surface area contributed by atoms with Crippen molar-refractivity contribution in [3.8, 4) is 28.7 Å². The fourth-order valence-corrected chi connectivity index (χ4v) is 3.43. The third-order valence-electron chi connectivity index (χ3n) is 5.03. The summed E-state index contributed by atoms with van der Waals surface area (Å²) in [6.07, 6.45) is 0.841. The van der Waals surface area contributed by atoms with Crippen LogP contribution in [0.3, 0.4) is 0 Å². The van der Waals surface area contributed by atoms with E-state index in [1.54, 1.807) is 12.1 Å². The molecule has 0 aromatic heterocycles. The van der Waals surface area contributed by atoms with Gasteiger partial charge in [-0.05, 0) is 23.6 Å². The van der Waals surface area contributed by atoms with E-state index in [-0.39, 0.29) is 17.9 Å². The molecule has 0 aliphatic carbocycles. The molecule has 0 spiro atoms. The smallest absolute Gasteiger partial charge is 0.255 e. The van der Waals surface area contributed by atoms with Gasteiger partial charge in [-0.2, -0.15) is 0 Å². The SMILES string of the molecule is COc1cc(OC)c(C(=O)NC(c2ccc3c(c2)OCCCO3)C(C)C)cc1OC. The number of ether oxygens (including phenoxy) is 5. The summed E-state index contributed by atoms with van der Waals surface area (Å²) in [7, 11) is 4.58. The highest BCUT2D eigenvalue weighted by molar-refractivity contribution is 5.98. The number of nitrogens with one attached hydrogen (secondary N) is 1. The summed E-state index contributed by atoms with van der Waals surface area (Å²) in [5, 5.41) is 3.12. The van der Waals surface area contributed by atoms with Crippen LogP contribution in [0.2, 0.25) is 0 Å². The molecule has 1 atom stereocenters. The molecule has 0 bridgehead atoms. The summed E-state index contributed by atoms with van der Waals surface area (Å²) in [4.78, 5) is 13.2. The first-order valence-electron chi connectivity index (χ1n) is 9.98. The van der Waals surface area contributed by atoms with Gasteiger partial charge in [-0.15, -0.1) is 0 Å². The third kappa shape index (κ3) is 4.56. The summed E-state index contributed by atoms with van der Waals surface area (Å²) in [5.41, 5.74) is 1.32. The third-order valence-corrected chi connectivity index (χ3v) is 5.03. The topological polar surface area (TPSA) is 75.3 Å². The van der Waals surface area contributed by atoms with Crippen molar-refractivity contribution in [2.45, 2.75) is 26.3 Å². The van der Waals surface area contributed by atoms with Crippen LogP contribution < -0.4 is 29.0 Å². The van der Waals surface area contributed by atoms with Crippen LogP contribution in [0.1, 0.15) is 42.2 Å². The Bertz CT molecular complexity index is 896. The summed E-state index contributed by atoms with van der Waals surface area (Å²) < 4.78 is 27.6. The van der Waals surface area contributed by atoms with Crippen LogP contribution >= 0.6 is 0 Å². The predicted octanol–water partition coefficient (Wildman–Crippen LogP) is 4.00. The molecule has 0 saturated carbocycles. The van der Waals surface area contributed by atoms with Crippen molar-refractivity contribution in [3.05, 3.63) is 41.5 Å². The minimum Gasteiger partial charge on any atom is -0.496 e. The quantitative estimate of drug-likeness (QED) is 0.737. The van der Waals surface area contributed by atoms with E-state index >= 15 is 0 Å². The Kier molecular flexibility index (Phi) is 6.92. The van der Waals surface area contributed by atoms with E-state index in [0.717, 1.165) is 17.7 Å². The van der Waals surface area contributed by atoms with Crippen LogP contribution in [0.5, 0.6) is 28.7 Å². The van der Waals surface area contributed by atoms with Gasteiger partial charge < -0.3 is 29.0 Å². The van der Waals surface area contributed by atoms with Crippen molar-refractivity contribution in [1.82, 2.24) is 5.32 Å². The van der Waals surface area contributed by atoms with Gasteiger partial charge in [-0.3, -0.25) is 4.79 Å². The predicted molar refractivity (Wildman–Crippen MR) is 113 cm³/mol. The molecule has 162 valence electrons. The Morgan fingerprint density at radius 2 is 1.53 bits per heavy atom. The fourth-order valence-electron chi connectivity index (χ4n) is 3.43. The Balaban J connectivity index is 1.91. The van der Waals surface area contributed by atoms with Crippen molar-refractivity contribution < 1.29 is 28.5 Å². The minimum absolute atomic E-state index is 0.143. The van der Waals surface area contributed by atoms with Crippen LogP contribution in [0.25, 0.3) is 0 Å². The average molecular weight is 415 g/mol. The zero-order valence-corrected chi connectivity index (χ0v) is 18.1. The number of methoxy groups -OCH3 is 3. The normalized spacial score (nSPS) is 13.9. The minimum atomic E-state index is -0.265. The molecule has 1 aliphatic rings. The summed E-state index contributed by atoms with van der Waals surface area (Å²) in [5.74, 6) is 2.67. The highest BCUT2D eigenvalue weighted by Crippen LogP contribution is 2.36. The Morgan fingerprint density at radius 3 is 2.17 bits per heavy atom. The molecule has 1 aliphatic heterocycles. The maximum absolute atomic E-state index is 13.2. The first-order valence-corrected chi connectivity index (χ1v) is 9.98. The summed E-state index contributed by atoms with van der Waals surface area (Å²) in [6, 6.07) is 8.84. The molecule has 2 aromatic rings. The van der Waals surface area contributed by atoms with Gasteiger partial charge in [0.15, 0.2) is 23.0 Å². The highest BCUT2D eigenvalue weighted by Gasteiger charge is 2.24. The molecule has 0 saturated heterocycles. The van der Waals surface area contributed by atoms with Crippen LogP contribution in [-0.2, 0) is 0 Å². The first kappa shape index (κ1) is 21.6. The maximum Gasteiger partial charge on any atom is 0.255 e. The van der Waals surface area contributed by atoms with E-state index in [9.17, 15) is 4.79 Å². The summed E-state index contributed by atoms with van der Waals surface area (Å²) >= 11 is 0. The number of amides is 1. The lowest BCUT2D eigenvalue weighted by molar-refractivity contribution is 0.0922. The largest absolute Gasteiger partial charge is 0.496 e. The zero-order chi connectivity index (χ0) is 21.7. The second-order valence-electron chi connectivity index (χ2n) is 7.36. The van der Waals surface area contributed by atoms with E-state index < -0.39 is 0 Å². The molecule has 1 N–H and O–H groups in total. The number of hydrogen-bond acceptors (Lipinski definition) is 6. The molecule has 2 aromatic carbocycles. The Hall–Kier alpha value is -3.09.